The predicted octanol–water partition coefficient (Wildman–Crippen LogP) is 4.17. The third-order valence-electron chi connectivity index (χ3n) is 5.34. The van der Waals surface area contributed by atoms with Crippen LogP contribution in [-0.4, -0.2) is 25.0 Å². The standard InChI is InChI=1S/C24H30N2O3/c1-5-25-21(27)16-29-20-12-10-19(11-13-20)26-22(28)24(14-15-24)18-8-6-17(7-9-18)23(2,3)4/h6-13H,5,14-16H2,1-4H3,(H,25,27)(H,26,28). The van der Waals surface area contributed by atoms with Gasteiger partial charge in [-0.25, -0.2) is 0 Å². The zero-order valence-electron chi connectivity index (χ0n) is 17.7. The van der Waals surface area contributed by atoms with Crippen LogP contribution in [0.4, 0.5) is 5.69 Å². The lowest BCUT2D eigenvalue weighted by Gasteiger charge is -2.21. The molecule has 29 heavy (non-hydrogen) atoms. The van der Waals surface area contributed by atoms with Crippen molar-refractivity contribution >= 4 is 17.5 Å². The summed E-state index contributed by atoms with van der Waals surface area (Å²) in [5.41, 5.74) is 2.73. The summed E-state index contributed by atoms with van der Waals surface area (Å²) in [6.45, 7) is 8.98. The zero-order valence-corrected chi connectivity index (χ0v) is 17.7. The molecule has 0 aromatic heterocycles. The molecule has 0 spiro atoms. The molecule has 1 aliphatic carbocycles. The average molecular weight is 395 g/mol. The Morgan fingerprint density at radius 1 is 1.00 bits per heavy atom. The van der Waals surface area contributed by atoms with Gasteiger partial charge in [0.1, 0.15) is 5.75 Å². The number of carbonyl (C=O) groups excluding carboxylic acids is 2. The smallest absolute Gasteiger partial charge is 0.257 e. The summed E-state index contributed by atoms with van der Waals surface area (Å²) >= 11 is 0. The molecule has 2 amide bonds. The molecule has 0 saturated heterocycles. The van der Waals surface area contributed by atoms with Crippen molar-refractivity contribution in [1.29, 1.82) is 0 Å². The van der Waals surface area contributed by atoms with Crippen molar-refractivity contribution in [2.45, 2.75) is 51.4 Å². The van der Waals surface area contributed by atoms with Crippen molar-refractivity contribution in [2.75, 3.05) is 18.5 Å². The summed E-state index contributed by atoms with van der Waals surface area (Å²) in [6.07, 6.45) is 1.73. The summed E-state index contributed by atoms with van der Waals surface area (Å²) in [5.74, 6) is 0.461. The topological polar surface area (TPSA) is 67.4 Å². The number of ether oxygens (including phenoxy) is 1. The SMILES string of the molecule is CCNC(=O)COc1ccc(NC(=O)C2(c3ccc(C(C)(C)C)cc3)CC2)cc1. The summed E-state index contributed by atoms with van der Waals surface area (Å²) in [7, 11) is 0. The van der Waals surface area contributed by atoms with Gasteiger partial charge >= 0.3 is 0 Å². The van der Waals surface area contributed by atoms with Crippen LogP contribution in [0.1, 0.15) is 51.7 Å². The summed E-state index contributed by atoms with van der Waals surface area (Å²) in [5, 5.41) is 5.71. The van der Waals surface area contributed by atoms with Gasteiger partial charge in [0.05, 0.1) is 5.41 Å². The number of nitrogens with one attached hydrogen (secondary N) is 2. The van der Waals surface area contributed by atoms with Gasteiger partial charge in [-0.1, -0.05) is 45.0 Å². The van der Waals surface area contributed by atoms with E-state index in [4.69, 9.17) is 4.74 Å². The molecule has 0 bridgehead atoms. The van der Waals surface area contributed by atoms with Crippen LogP contribution in [0.3, 0.4) is 0 Å². The van der Waals surface area contributed by atoms with E-state index >= 15 is 0 Å². The number of hydrogen-bond acceptors (Lipinski definition) is 3. The van der Waals surface area contributed by atoms with E-state index < -0.39 is 5.41 Å². The number of anilines is 1. The van der Waals surface area contributed by atoms with Gasteiger partial charge in [-0.3, -0.25) is 9.59 Å². The van der Waals surface area contributed by atoms with Crippen LogP contribution >= 0.6 is 0 Å². The molecule has 0 radical (unpaired) electrons. The number of hydrogen-bond donors (Lipinski definition) is 2. The first-order valence-corrected chi connectivity index (χ1v) is 10.2. The van der Waals surface area contributed by atoms with Crippen LogP contribution in [0.2, 0.25) is 0 Å². The molecular weight excluding hydrogens is 364 g/mol. The molecule has 5 heteroatoms. The third kappa shape index (κ3) is 4.97. The Kier molecular flexibility index (Phi) is 5.96. The first-order chi connectivity index (χ1) is 13.7. The summed E-state index contributed by atoms with van der Waals surface area (Å²) < 4.78 is 5.44. The molecule has 3 rings (SSSR count). The second-order valence-electron chi connectivity index (χ2n) is 8.63. The molecule has 1 saturated carbocycles. The second-order valence-corrected chi connectivity index (χ2v) is 8.63. The monoisotopic (exact) mass is 394 g/mol. The zero-order chi connectivity index (χ0) is 21.1. The lowest BCUT2D eigenvalue weighted by atomic mass is 9.85. The van der Waals surface area contributed by atoms with Crippen LogP contribution in [0.15, 0.2) is 48.5 Å². The van der Waals surface area contributed by atoms with Crippen molar-refractivity contribution in [2.24, 2.45) is 0 Å². The highest BCUT2D eigenvalue weighted by Gasteiger charge is 2.51. The molecule has 1 aliphatic rings. The lowest BCUT2D eigenvalue weighted by molar-refractivity contribution is -0.123. The Bertz CT molecular complexity index is 860. The number of carbonyl (C=O) groups is 2. The van der Waals surface area contributed by atoms with E-state index in [0.29, 0.717) is 12.3 Å². The Hall–Kier alpha value is -2.82. The fraction of sp³-hybridized carbons (Fsp3) is 0.417. The molecule has 2 aromatic rings. The molecule has 0 aliphatic heterocycles. The highest BCUT2D eigenvalue weighted by atomic mass is 16.5. The quantitative estimate of drug-likeness (QED) is 0.741. The van der Waals surface area contributed by atoms with E-state index in [2.05, 4.69) is 55.7 Å². The maximum atomic E-state index is 13.0. The fourth-order valence-electron chi connectivity index (χ4n) is 3.34. The fourth-order valence-corrected chi connectivity index (χ4v) is 3.34. The van der Waals surface area contributed by atoms with Gasteiger partial charge in [0.2, 0.25) is 5.91 Å². The lowest BCUT2D eigenvalue weighted by Crippen LogP contribution is -2.28. The molecule has 0 atom stereocenters. The minimum absolute atomic E-state index is 0.0206. The van der Waals surface area contributed by atoms with Crippen molar-refractivity contribution in [3.05, 3.63) is 59.7 Å². The molecule has 2 N–H and O–H groups in total. The molecular formula is C24H30N2O3. The van der Waals surface area contributed by atoms with Crippen molar-refractivity contribution in [3.8, 4) is 5.75 Å². The van der Waals surface area contributed by atoms with Gasteiger partial charge in [-0.15, -0.1) is 0 Å². The van der Waals surface area contributed by atoms with Gasteiger partial charge in [-0.2, -0.15) is 0 Å². The first-order valence-electron chi connectivity index (χ1n) is 10.2. The van der Waals surface area contributed by atoms with Crippen molar-refractivity contribution < 1.29 is 14.3 Å². The molecule has 2 aromatic carbocycles. The minimum Gasteiger partial charge on any atom is -0.484 e. The normalized spacial score (nSPS) is 14.8. The largest absolute Gasteiger partial charge is 0.484 e. The van der Waals surface area contributed by atoms with E-state index in [1.807, 2.05) is 6.92 Å². The van der Waals surface area contributed by atoms with Gasteiger partial charge in [0, 0.05) is 12.2 Å². The maximum absolute atomic E-state index is 13.0. The Balaban J connectivity index is 1.62. The van der Waals surface area contributed by atoms with E-state index in [0.717, 1.165) is 24.1 Å². The van der Waals surface area contributed by atoms with Gasteiger partial charge in [0.15, 0.2) is 6.61 Å². The van der Waals surface area contributed by atoms with E-state index in [-0.39, 0.29) is 23.8 Å². The van der Waals surface area contributed by atoms with Gasteiger partial charge in [0.25, 0.3) is 5.91 Å². The molecule has 154 valence electrons. The summed E-state index contributed by atoms with van der Waals surface area (Å²) in [6, 6.07) is 15.5. The van der Waals surface area contributed by atoms with Crippen LogP contribution in [0, 0.1) is 0 Å². The van der Waals surface area contributed by atoms with E-state index in [9.17, 15) is 9.59 Å². The third-order valence-corrected chi connectivity index (χ3v) is 5.34. The minimum atomic E-state index is -0.427. The van der Waals surface area contributed by atoms with Crippen molar-refractivity contribution in [3.63, 3.8) is 0 Å². The van der Waals surface area contributed by atoms with Crippen LogP contribution in [-0.2, 0) is 20.4 Å². The predicted molar refractivity (Wildman–Crippen MR) is 115 cm³/mol. The van der Waals surface area contributed by atoms with E-state index in [1.54, 1.807) is 24.3 Å². The number of likely N-dealkylation sites (N-methyl/N-ethyl adjacent to an activating group) is 1. The van der Waals surface area contributed by atoms with E-state index in [1.165, 1.54) is 5.56 Å². The first kappa shape index (κ1) is 20.9. The van der Waals surface area contributed by atoms with Crippen LogP contribution in [0.25, 0.3) is 0 Å². The highest BCUT2D eigenvalue weighted by Crippen LogP contribution is 2.49. The maximum Gasteiger partial charge on any atom is 0.257 e. The number of rotatable bonds is 7. The average Bonchev–Trinajstić information content (AvgIpc) is 3.49. The Morgan fingerprint density at radius 2 is 1.62 bits per heavy atom. The van der Waals surface area contributed by atoms with Crippen molar-refractivity contribution in [1.82, 2.24) is 5.32 Å². The van der Waals surface area contributed by atoms with Crippen LogP contribution < -0.4 is 15.4 Å². The van der Waals surface area contributed by atoms with Gasteiger partial charge in [-0.05, 0) is 60.6 Å². The molecule has 1 fully saturated rings. The molecule has 0 unspecified atom stereocenters. The van der Waals surface area contributed by atoms with Gasteiger partial charge < -0.3 is 15.4 Å². The molecule has 0 heterocycles. The summed E-state index contributed by atoms with van der Waals surface area (Å²) in [4.78, 5) is 24.4. The number of amides is 2. The highest BCUT2D eigenvalue weighted by molar-refractivity contribution is 6.01. The Labute approximate surface area is 172 Å². The Morgan fingerprint density at radius 3 is 2.14 bits per heavy atom. The molecule has 5 nitrogen and oxygen atoms in total. The van der Waals surface area contributed by atoms with Crippen LogP contribution in [0.5, 0.6) is 5.75 Å². The number of benzene rings is 2. The second kappa shape index (κ2) is 8.27.